The Morgan fingerprint density at radius 1 is 1.56 bits per heavy atom. The molecule has 1 aromatic rings. The molecule has 1 unspecified atom stereocenters. The number of aromatic nitrogens is 1. The normalized spacial score (nSPS) is 20.4. The fraction of sp³-hybridized carbons (Fsp3) is 0.769. The lowest BCUT2D eigenvalue weighted by molar-refractivity contribution is -0.00698. The van der Waals surface area contributed by atoms with Crippen molar-refractivity contribution in [2.24, 2.45) is 0 Å². The quantitative estimate of drug-likeness (QED) is 0.862. The topological polar surface area (TPSA) is 51.4 Å². The minimum Gasteiger partial charge on any atom is -0.377 e. The Hall–Kier alpha value is -0.650. The minimum atomic E-state index is 0.413. The van der Waals surface area contributed by atoms with Crippen LogP contribution in [0.4, 0.5) is 5.13 Å². The van der Waals surface area contributed by atoms with E-state index >= 15 is 0 Å². The molecule has 0 saturated carbocycles. The van der Waals surface area contributed by atoms with E-state index in [9.17, 15) is 0 Å². The number of nitrogens with two attached hydrogens (primary N) is 1. The van der Waals surface area contributed by atoms with Gasteiger partial charge in [0.05, 0.1) is 6.10 Å². The third-order valence-corrected chi connectivity index (χ3v) is 4.04. The van der Waals surface area contributed by atoms with Gasteiger partial charge in [0.2, 0.25) is 0 Å². The van der Waals surface area contributed by atoms with E-state index in [0.29, 0.717) is 11.2 Å². The maximum Gasteiger partial charge on any atom is 0.180 e. The van der Waals surface area contributed by atoms with Crippen molar-refractivity contribution in [3.63, 3.8) is 0 Å². The Balaban J connectivity index is 1.86. The molecule has 1 aromatic heterocycles. The zero-order valence-electron chi connectivity index (χ0n) is 11.1. The van der Waals surface area contributed by atoms with Crippen molar-refractivity contribution < 1.29 is 4.74 Å². The van der Waals surface area contributed by atoms with Gasteiger partial charge >= 0.3 is 0 Å². The highest BCUT2D eigenvalue weighted by Gasteiger charge is 2.18. The van der Waals surface area contributed by atoms with Crippen molar-refractivity contribution in [2.45, 2.75) is 45.3 Å². The fourth-order valence-electron chi connectivity index (χ4n) is 2.41. The summed E-state index contributed by atoms with van der Waals surface area (Å²) in [5, 5.41) is 0.662. The van der Waals surface area contributed by atoms with Gasteiger partial charge in [-0.25, -0.2) is 4.98 Å². The van der Waals surface area contributed by atoms with E-state index in [-0.39, 0.29) is 0 Å². The van der Waals surface area contributed by atoms with Crippen LogP contribution in [0.15, 0.2) is 6.20 Å². The maximum atomic E-state index is 5.82. The lowest BCUT2D eigenvalue weighted by Crippen LogP contribution is -2.35. The Morgan fingerprint density at radius 3 is 3.06 bits per heavy atom. The molecule has 1 aliphatic rings. The summed E-state index contributed by atoms with van der Waals surface area (Å²) >= 11 is 1.59. The molecule has 0 bridgehead atoms. The second-order valence-electron chi connectivity index (χ2n) is 4.89. The van der Waals surface area contributed by atoms with Gasteiger partial charge in [-0.15, -0.1) is 11.3 Å². The molecule has 0 aromatic carbocycles. The second kappa shape index (κ2) is 7.07. The molecular weight excluding hydrogens is 246 g/mol. The van der Waals surface area contributed by atoms with E-state index in [0.717, 1.165) is 26.2 Å². The zero-order valence-corrected chi connectivity index (χ0v) is 11.9. The van der Waals surface area contributed by atoms with Gasteiger partial charge in [-0.1, -0.05) is 6.92 Å². The number of nitrogen functional groups attached to an aromatic ring is 1. The molecule has 4 nitrogen and oxygen atoms in total. The highest BCUT2D eigenvalue weighted by Crippen LogP contribution is 2.19. The molecule has 2 rings (SSSR count). The minimum absolute atomic E-state index is 0.413. The molecule has 1 saturated heterocycles. The van der Waals surface area contributed by atoms with E-state index in [2.05, 4.69) is 16.8 Å². The summed E-state index contributed by atoms with van der Waals surface area (Å²) in [5.41, 5.74) is 5.68. The van der Waals surface area contributed by atoms with Crippen molar-refractivity contribution in [1.29, 1.82) is 0 Å². The molecule has 0 spiro atoms. The smallest absolute Gasteiger partial charge is 0.180 e. The second-order valence-corrected chi connectivity index (χ2v) is 6.04. The largest absolute Gasteiger partial charge is 0.377 e. The number of anilines is 1. The van der Waals surface area contributed by atoms with Gasteiger partial charge in [-0.3, -0.25) is 4.90 Å². The fourth-order valence-corrected chi connectivity index (χ4v) is 3.13. The van der Waals surface area contributed by atoms with Crippen molar-refractivity contribution >= 4 is 16.5 Å². The monoisotopic (exact) mass is 269 g/mol. The van der Waals surface area contributed by atoms with Crippen LogP contribution in [0.1, 0.15) is 37.5 Å². The number of nitrogens with zero attached hydrogens (tertiary/aromatic N) is 2. The summed E-state index contributed by atoms with van der Waals surface area (Å²) in [5.74, 6) is 0. The van der Waals surface area contributed by atoms with Crippen LogP contribution in [0, 0.1) is 0 Å². The predicted octanol–water partition coefficient (Wildman–Crippen LogP) is 2.51. The summed E-state index contributed by atoms with van der Waals surface area (Å²) in [6.07, 6.45) is 7.19. The molecule has 0 amide bonds. The van der Waals surface area contributed by atoms with Gasteiger partial charge in [0.15, 0.2) is 5.13 Å². The first-order valence-electron chi connectivity index (χ1n) is 6.82. The number of rotatable bonds is 6. The molecule has 1 atom stereocenters. The predicted molar refractivity (Wildman–Crippen MR) is 75.7 cm³/mol. The molecule has 18 heavy (non-hydrogen) atoms. The summed E-state index contributed by atoms with van der Waals surface area (Å²) in [6, 6.07) is 0. The van der Waals surface area contributed by atoms with E-state index in [1.165, 1.54) is 30.6 Å². The van der Waals surface area contributed by atoms with Crippen LogP contribution in [-0.2, 0) is 11.3 Å². The summed E-state index contributed by atoms with van der Waals surface area (Å²) in [6.45, 7) is 6.24. The number of thiazole rings is 1. The molecule has 5 heteroatoms. The molecule has 1 fully saturated rings. The highest BCUT2D eigenvalue weighted by atomic mass is 32.1. The Bertz CT molecular complexity index is 350. The van der Waals surface area contributed by atoms with Crippen LogP contribution < -0.4 is 5.73 Å². The molecule has 0 radical (unpaired) electrons. The van der Waals surface area contributed by atoms with Crippen molar-refractivity contribution in [2.75, 3.05) is 25.4 Å². The maximum absolute atomic E-state index is 5.82. The standard InChI is InChI=1S/C13H23N3OS/c1-2-6-16(9-11-5-3-4-7-17-11)10-12-8-15-13(14)18-12/h8,11H,2-7,9-10H2,1H3,(H2,14,15). The van der Waals surface area contributed by atoms with Crippen molar-refractivity contribution in [3.05, 3.63) is 11.1 Å². The van der Waals surface area contributed by atoms with E-state index in [4.69, 9.17) is 10.5 Å². The molecule has 1 aliphatic heterocycles. The zero-order chi connectivity index (χ0) is 12.8. The number of hydrogen-bond acceptors (Lipinski definition) is 5. The lowest BCUT2D eigenvalue weighted by Gasteiger charge is -2.29. The SMILES string of the molecule is CCCN(Cc1cnc(N)s1)CC1CCCCO1. The lowest BCUT2D eigenvalue weighted by atomic mass is 10.1. The molecule has 102 valence electrons. The number of hydrogen-bond donors (Lipinski definition) is 1. The van der Waals surface area contributed by atoms with Gasteiger partial charge in [-0.2, -0.15) is 0 Å². The average Bonchev–Trinajstić information content (AvgIpc) is 2.76. The molecule has 0 aliphatic carbocycles. The first-order chi connectivity index (χ1) is 8.78. The first-order valence-corrected chi connectivity index (χ1v) is 7.63. The van der Waals surface area contributed by atoms with E-state index < -0.39 is 0 Å². The van der Waals surface area contributed by atoms with Crippen LogP contribution in [-0.4, -0.2) is 35.7 Å². The van der Waals surface area contributed by atoms with Crippen LogP contribution in [0.2, 0.25) is 0 Å². The molecular formula is C13H23N3OS. The van der Waals surface area contributed by atoms with Gasteiger partial charge in [-0.05, 0) is 32.2 Å². The highest BCUT2D eigenvalue weighted by molar-refractivity contribution is 7.15. The third kappa shape index (κ3) is 4.23. The van der Waals surface area contributed by atoms with Gasteiger partial charge < -0.3 is 10.5 Å². The van der Waals surface area contributed by atoms with Crippen LogP contribution in [0.25, 0.3) is 0 Å². The molecule has 2 heterocycles. The van der Waals surface area contributed by atoms with E-state index in [1.807, 2.05) is 6.20 Å². The van der Waals surface area contributed by atoms with Gasteiger partial charge in [0, 0.05) is 30.8 Å². The van der Waals surface area contributed by atoms with Crippen LogP contribution in [0.5, 0.6) is 0 Å². The average molecular weight is 269 g/mol. The van der Waals surface area contributed by atoms with Crippen LogP contribution in [0.3, 0.4) is 0 Å². The van der Waals surface area contributed by atoms with E-state index in [1.54, 1.807) is 11.3 Å². The Labute approximate surface area is 113 Å². The summed E-state index contributed by atoms with van der Waals surface area (Å²) < 4.78 is 5.82. The van der Waals surface area contributed by atoms with Crippen LogP contribution >= 0.6 is 11.3 Å². The molecule has 2 N–H and O–H groups in total. The van der Waals surface area contributed by atoms with Gasteiger partial charge in [0.1, 0.15) is 0 Å². The number of ether oxygens (including phenoxy) is 1. The van der Waals surface area contributed by atoms with Gasteiger partial charge in [0.25, 0.3) is 0 Å². The third-order valence-electron chi connectivity index (χ3n) is 3.23. The Kier molecular flexibility index (Phi) is 5.41. The Morgan fingerprint density at radius 2 is 2.44 bits per heavy atom. The summed E-state index contributed by atoms with van der Waals surface area (Å²) in [7, 11) is 0. The van der Waals surface area contributed by atoms with Crippen molar-refractivity contribution in [3.8, 4) is 0 Å². The first kappa shape index (κ1) is 13.8. The van der Waals surface area contributed by atoms with Crippen molar-refractivity contribution in [1.82, 2.24) is 9.88 Å². The summed E-state index contributed by atoms with van der Waals surface area (Å²) in [4.78, 5) is 7.82.